The van der Waals surface area contributed by atoms with Crippen LogP contribution in [0.3, 0.4) is 0 Å². The topological polar surface area (TPSA) is 59.2 Å². The van der Waals surface area contributed by atoms with Crippen LogP contribution in [0.5, 0.6) is 0 Å². The number of rotatable bonds is 4. The highest BCUT2D eigenvalue weighted by molar-refractivity contribution is 7.22. The molecule has 2 aromatic heterocycles. The smallest absolute Gasteiger partial charge is 0.254 e. The number of aryl methyl sites for hydroxylation is 2. The van der Waals surface area contributed by atoms with Crippen molar-refractivity contribution in [1.82, 2.24) is 9.88 Å². The zero-order chi connectivity index (χ0) is 16.8. The van der Waals surface area contributed by atoms with Gasteiger partial charge in [-0.2, -0.15) is 0 Å². The molecule has 3 aromatic rings. The van der Waals surface area contributed by atoms with E-state index in [1.165, 1.54) is 21.8 Å². The van der Waals surface area contributed by atoms with E-state index in [9.17, 15) is 4.79 Å². The molecule has 2 N–H and O–H groups in total. The first kappa shape index (κ1) is 15.6. The van der Waals surface area contributed by atoms with E-state index in [-0.39, 0.29) is 5.91 Å². The average molecular weight is 358 g/mol. The first-order chi connectivity index (χ1) is 11.5. The number of nitrogens with zero attached hydrogens (tertiary/aromatic N) is 2. The third-order valence-corrected chi connectivity index (χ3v) is 6.32. The number of thiophene rings is 1. The third-order valence-electron chi connectivity index (χ3n) is 4.48. The van der Waals surface area contributed by atoms with Gasteiger partial charge in [-0.05, 0) is 61.4 Å². The SMILES string of the molecule is Cc1ccsc1CN(C(=O)c1cc(C)c2nc(N)sc2c1)C1CC1. The molecule has 2 heterocycles. The summed E-state index contributed by atoms with van der Waals surface area (Å²) in [6.45, 7) is 4.80. The van der Waals surface area contributed by atoms with Crippen molar-refractivity contribution >= 4 is 43.9 Å². The molecule has 124 valence electrons. The second kappa shape index (κ2) is 5.86. The van der Waals surface area contributed by atoms with Crippen molar-refractivity contribution in [3.63, 3.8) is 0 Å². The van der Waals surface area contributed by atoms with Crippen LogP contribution < -0.4 is 5.73 Å². The molecule has 0 aliphatic heterocycles. The van der Waals surface area contributed by atoms with Crippen LogP contribution in [0, 0.1) is 13.8 Å². The van der Waals surface area contributed by atoms with E-state index in [1.807, 2.05) is 24.0 Å². The average Bonchev–Trinajstić information content (AvgIpc) is 3.19. The van der Waals surface area contributed by atoms with Gasteiger partial charge in [0.2, 0.25) is 0 Å². The lowest BCUT2D eigenvalue weighted by Gasteiger charge is -2.22. The monoisotopic (exact) mass is 357 g/mol. The summed E-state index contributed by atoms with van der Waals surface area (Å²) >= 11 is 3.17. The predicted octanol–water partition coefficient (Wildman–Crippen LogP) is 4.36. The number of thiazole rings is 1. The molecule has 1 saturated carbocycles. The molecule has 6 heteroatoms. The van der Waals surface area contributed by atoms with Gasteiger partial charge in [-0.25, -0.2) is 4.98 Å². The number of amides is 1. The normalized spacial score (nSPS) is 14.2. The van der Waals surface area contributed by atoms with Crippen LogP contribution in [-0.4, -0.2) is 21.8 Å². The molecule has 0 bridgehead atoms. The van der Waals surface area contributed by atoms with Gasteiger partial charge in [-0.15, -0.1) is 11.3 Å². The van der Waals surface area contributed by atoms with Crippen LogP contribution in [0.1, 0.15) is 39.2 Å². The molecule has 1 aromatic carbocycles. The van der Waals surface area contributed by atoms with E-state index in [4.69, 9.17) is 5.73 Å². The maximum absolute atomic E-state index is 13.2. The van der Waals surface area contributed by atoms with Gasteiger partial charge in [0.05, 0.1) is 16.8 Å². The summed E-state index contributed by atoms with van der Waals surface area (Å²) < 4.78 is 0.985. The van der Waals surface area contributed by atoms with Crippen LogP contribution in [-0.2, 0) is 6.54 Å². The summed E-state index contributed by atoms with van der Waals surface area (Å²) in [5.74, 6) is 0.113. The van der Waals surface area contributed by atoms with Gasteiger partial charge in [-0.1, -0.05) is 11.3 Å². The number of anilines is 1. The molecule has 1 aliphatic carbocycles. The fraction of sp³-hybridized carbons (Fsp3) is 0.333. The number of nitrogen functional groups attached to an aromatic ring is 1. The molecule has 0 radical (unpaired) electrons. The molecule has 24 heavy (non-hydrogen) atoms. The van der Waals surface area contributed by atoms with E-state index in [2.05, 4.69) is 23.4 Å². The van der Waals surface area contributed by atoms with E-state index in [0.29, 0.717) is 17.7 Å². The standard InChI is InChI=1S/C18H19N3OS2/c1-10-5-6-23-15(10)9-21(13-3-4-13)17(22)12-7-11(2)16-14(8-12)24-18(19)20-16/h5-8,13H,3-4,9H2,1-2H3,(H2,19,20). The highest BCUT2D eigenvalue weighted by Crippen LogP contribution is 2.33. The zero-order valence-electron chi connectivity index (χ0n) is 13.7. The maximum atomic E-state index is 13.2. The van der Waals surface area contributed by atoms with Gasteiger partial charge in [-0.3, -0.25) is 4.79 Å². The van der Waals surface area contributed by atoms with Crippen molar-refractivity contribution in [3.05, 3.63) is 45.1 Å². The number of benzene rings is 1. The lowest BCUT2D eigenvalue weighted by atomic mass is 10.1. The molecule has 1 aliphatic rings. The highest BCUT2D eigenvalue weighted by atomic mass is 32.1. The Morgan fingerprint density at radius 3 is 2.79 bits per heavy atom. The molecule has 4 rings (SSSR count). The van der Waals surface area contributed by atoms with Crippen LogP contribution in [0.2, 0.25) is 0 Å². The molecule has 1 amide bonds. The van der Waals surface area contributed by atoms with Crippen molar-refractivity contribution in [2.75, 3.05) is 5.73 Å². The first-order valence-corrected chi connectivity index (χ1v) is 9.73. The minimum absolute atomic E-state index is 0.113. The third kappa shape index (κ3) is 2.80. The van der Waals surface area contributed by atoms with Gasteiger partial charge in [0.1, 0.15) is 0 Å². The first-order valence-electron chi connectivity index (χ1n) is 8.03. The van der Waals surface area contributed by atoms with Crippen molar-refractivity contribution < 1.29 is 4.79 Å². The number of nitrogens with two attached hydrogens (primary N) is 1. The minimum Gasteiger partial charge on any atom is -0.375 e. The molecule has 0 unspecified atom stereocenters. The van der Waals surface area contributed by atoms with E-state index in [1.54, 1.807) is 11.3 Å². The lowest BCUT2D eigenvalue weighted by Crippen LogP contribution is -2.32. The summed E-state index contributed by atoms with van der Waals surface area (Å²) in [5.41, 5.74) is 9.74. The number of carbonyl (C=O) groups excluding carboxylic acids is 1. The Morgan fingerprint density at radius 1 is 1.33 bits per heavy atom. The Bertz CT molecular complexity index is 924. The summed E-state index contributed by atoms with van der Waals surface area (Å²) in [4.78, 5) is 20.8. The summed E-state index contributed by atoms with van der Waals surface area (Å²) in [6, 6.07) is 6.38. The Balaban J connectivity index is 1.68. The van der Waals surface area contributed by atoms with Crippen LogP contribution in [0.15, 0.2) is 23.6 Å². The number of hydrogen-bond acceptors (Lipinski definition) is 5. The van der Waals surface area contributed by atoms with E-state index in [0.717, 1.165) is 34.2 Å². The Kier molecular flexibility index (Phi) is 3.81. The van der Waals surface area contributed by atoms with E-state index < -0.39 is 0 Å². The van der Waals surface area contributed by atoms with Gasteiger partial charge >= 0.3 is 0 Å². The molecule has 0 spiro atoms. The van der Waals surface area contributed by atoms with Crippen molar-refractivity contribution in [2.45, 2.75) is 39.3 Å². The van der Waals surface area contributed by atoms with Gasteiger partial charge < -0.3 is 10.6 Å². The van der Waals surface area contributed by atoms with Crippen LogP contribution in [0.25, 0.3) is 10.2 Å². The lowest BCUT2D eigenvalue weighted by molar-refractivity contribution is 0.0731. The fourth-order valence-electron chi connectivity index (χ4n) is 2.98. The summed E-state index contributed by atoms with van der Waals surface area (Å²) in [5, 5.41) is 2.64. The van der Waals surface area contributed by atoms with Crippen molar-refractivity contribution in [2.24, 2.45) is 0 Å². The minimum atomic E-state index is 0.113. The zero-order valence-corrected chi connectivity index (χ0v) is 15.3. The number of aromatic nitrogens is 1. The number of carbonyl (C=O) groups is 1. The quantitative estimate of drug-likeness (QED) is 0.754. The van der Waals surface area contributed by atoms with Crippen LogP contribution >= 0.6 is 22.7 Å². The highest BCUT2D eigenvalue weighted by Gasteiger charge is 2.33. The molecule has 0 saturated heterocycles. The molecule has 4 nitrogen and oxygen atoms in total. The Labute approximate surface area is 148 Å². The van der Waals surface area contributed by atoms with Crippen molar-refractivity contribution in [1.29, 1.82) is 0 Å². The Hall–Kier alpha value is -1.92. The second-order valence-corrected chi connectivity index (χ2v) is 8.45. The fourth-order valence-corrected chi connectivity index (χ4v) is 4.73. The van der Waals surface area contributed by atoms with Crippen molar-refractivity contribution in [3.8, 4) is 0 Å². The van der Waals surface area contributed by atoms with Gasteiger partial charge in [0.25, 0.3) is 5.91 Å². The van der Waals surface area contributed by atoms with Gasteiger partial charge in [0.15, 0.2) is 5.13 Å². The van der Waals surface area contributed by atoms with Gasteiger partial charge in [0, 0.05) is 16.5 Å². The second-order valence-electron chi connectivity index (χ2n) is 6.38. The van der Waals surface area contributed by atoms with E-state index >= 15 is 0 Å². The number of hydrogen-bond donors (Lipinski definition) is 1. The van der Waals surface area contributed by atoms with Crippen LogP contribution in [0.4, 0.5) is 5.13 Å². The molecule has 0 atom stereocenters. The number of fused-ring (bicyclic) bond motifs is 1. The summed E-state index contributed by atoms with van der Waals surface area (Å²) in [6.07, 6.45) is 2.20. The molecule has 1 fully saturated rings. The Morgan fingerprint density at radius 2 is 2.12 bits per heavy atom. The molecular formula is C18H19N3OS2. The largest absolute Gasteiger partial charge is 0.375 e. The maximum Gasteiger partial charge on any atom is 0.254 e. The molecular weight excluding hydrogens is 338 g/mol. The summed E-state index contributed by atoms with van der Waals surface area (Å²) in [7, 11) is 0. The predicted molar refractivity (Wildman–Crippen MR) is 101 cm³/mol.